The van der Waals surface area contributed by atoms with Crippen molar-refractivity contribution < 1.29 is 104 Å². The van der Waals surface area contributed by atoms with Gasteiger partial charge in [0, 0.05) is 17.7 Å². The number of hydrogen-bond acceptors (Lipinski definition) is 22. The van der Waals surface area contributed by atoms with E-state index in [-0.39, 0.29) is 11.1 Å². The number of rotatable bonds is 10. The summed E-state index contributed by atoms with van der Waals surface area (Å²) in [6.45, 7) is -2.71. The fourth-order valence-electron chi connectivity index (χ4n) is 6.49. The first-order valence-electron chi connectivity index (χ1n) is 16.7. The van der Waals surface area contributed by atoms with Crippen molar-refractivity contribution in [1.82, 2.24) is 0 Å². The van der Waals surface area contributed by atoms with Crippen molar-refractivity contribution in [3.8, 4) is 40.1 Å². The molecule has 0 saturated carbocycles. The molecule has 55 heavy (non-hydrogen) atoms. The minimum Gasteiger partial charge on any atom is -0.508 e. The number of phenolic OH excluding ortho intramolecular Hbond substituents is 4. The van der Waals surface area contributed by atoms with Crippen LogP contribution >= 0.6 is 0 Å². The summed E-state index contributed by atoms with van der Waals surface area (Å²) in [7, 11) is 0. The highest BCUT2D eigenvalue weighted by Gasteiger charge is 2.54. The number of hydrogen-bond donors (Lipinski definition) is 14. The zero-order valence-electron chi connectivity index (χ0n) is 28.2. The van der Waals surface area contributed by atoms with Gasteiger partial charge in [-0.1, -0.05) is 0 Å². The van der Waals surface area contributed by atoms with Crippen molar-refractivity contribution in [2.75, 3.05) is 19.8 Å². The molecule has 6 rings (SSSR count). The molecule has 22 heteroatoms. The maximum atomic E-state index is 13.7. The van der Waals surface area contributed by atoms with E-state index in [1.807, 2.05) is 0 Å². The Morgan fingerprint density at radius 2 is 1.09 bits per heavy atom. The quantitative estimate of drug-likeness (QED) is 0.0856. The van der Waals surface area contributed by atoms with Crippen LogP contribution in [0.15, 0.2) is 39.5 Å². The largest absolute Gasteiger partial charge is 0.508 e. The topological polar surface area (TPSA) is 369 Å². The average Bonchev–Trinajstić information content (AvgIpc) is 3.15. The lowest BCUT2D eigenvalue weighted by Gasteiger charge is -2.48. The van der Waals surface area contributed by atoms with Crippen LogP contribution in [-0.2, 0) is 23.7 Å². The van der Waals surface area contributed by atoms with Gasteiger partial charge in [-0.2, -0.15) is 0 Å². The smallest absolute Gasteiger partial charge is 0.239 e. The Morgan fingerprint density at radius 3 is 1.65 bits per heavy atom. The van der Waals surface area contributed by atoms with E-state index in [0.717, 1.165) is 24.3 Å². The molecule has 0 aliphatic carbocycles. The van der Waals surface area contributed by atoms with Gasteiger partial charge in [0.15, 0.2) is 29.8 Å². The van der Waals surface area contributed by atoms with Gasteiger partial charge in [-0.25, -0.2) is 0 Å². The first-order valence-corrected chi connectivity index (χ1v) is 16.7. The number of ether oxygens (including phenoxy) is 6. The minimum atomic E-state index is -2.14. The predicted octanol–water partition coefficient (Wildman–Crippen LogP) is -4.89. The lowest BCUT2D eigenvalue weighted by Crippen LogP contribution is -2.66. The average molecular weight is 789 g/mol. The Kier molecular flexibility index (Phi) is 12.0. The SMILES string of the molecule is O=c1c(O[C@@H]2O[C@H](CO)[C@@H](O[C@H]3O[C@H](CO)[C@@H](O[C@H]4O[C@H](CO)[C@@H](O)[C@H](O)[C@H]4O)[C@H](O)[C@H]3O)[C@H](O)[C@H]2O)c(-c2ccc(O)c(O)c2)oc2cc(O)cc(O)c12. The van der Waals surface area contributed by atoms with Gasteiger partial charge in [0.2, 0.25) is 17.5 Å². The predicted molar refractivity (Wildman–Crippen MR) is 174 cm³/mol. The Balaban J connectivity index is 1.23. The third kappa shape index (κ3) is 7.63. The van der Waals surface area contributed by atoms with E-state index in [0.29, 0.717) is 0 Å². The Hall–Kier alpha value is -3.95. The van der Waals surface area contributed by atoms with Crippen molar-refractivity contribution in [1.29, 1.82) is 0 Å². The minimum absolute atomic E-state index is 0.0906. The molecule has 0 spiro atoms. The molecule has 15 atom stereocenters. The number of phenols is 4. The maximum Gasteiger partial charge on any atom is 0.239 e. The summed E-state index contributed by atoms with van der Waals surface area (Å²) in [5, 5.41) is 144. The highest BCUT2D eigenvalue weighted by molar-refractivity contribution is 5.88. The van der Waals surface area contributed by atoms with Crippen LogP contribution in [0.3, 0.4) is 0 Å². The first kappa shape index (κ1) is 40.7. The monoisotopic (exact) mass is 788 g/mol. The van der Waals surface area contributed by atoms with Crippen molar-refractivity contribution in [2.45, 2.75) is 92.1 Å². The van der Waals surface area contributed by atoms with Gasteiger partial charge in [0.25, 0.3) is 0 Å². The van der Waals surface area contributed by atoms with E-state index in [2.05, 4.69) is 0 Å². The van der Waals surface area contributed by atoms with Crippen LogP contribution < -0.4 is 10.2 Å². The third-order valence-corrected chi connectivity index (χ3v) is 9.46. The molecular formula is C33H40O22. The van der Waals surface area contributed by atoms with Crippen LogP contribution in [0.2, 0.25) is 0 Å². The molecule has 22 nitrogen and oxygen atoms in total. The van der Waals surface area contributed by atoms with E-state index < -0.39 is 157 Å². The summed E-state index contributed by atoms with van der Waals surface area (Å²) in [6, 6.07) is 5.05. The van der Waals surface area contributed by atoms with Crippen LogP contribution in [-0.4, -0.2) is 183 Å². The molecule has 3 aromatic rings. The summed E-state index contributed by atoms with van der Waals surface area (Å²) < 4.78 is 39.1. The van der Waals surface area contributed by atoms with Crippen molar-refractivity contribution in [2.24, 2.45) is 0 Å². The molecule has 0 unspecified atom stereocenters. The van der Waals surface area contributed by atoms with Crippen LogP contribution in [0.4, 0.5) is 0 Å². The van der Waals surface area contributed by atoms with Gasteiger partial charge in [0.1, 0.15) is 95.7 Å². The van der Waals surface area contributed by atoms with Crippen molar-refractivity contribution >= 4 is 11.0 Å². The molecule has 3 saturated heterocycles. The van der Waals surface area contributed by atoms with Crippen LogP contribution in [0, 0.1) is 0 Å². The third-order valence-electron chi connectivity index (χ3n) is 9.46. The molecule has 2 aromatic carbocycles. The van der Waals surface area contributed by atoms with E-state index in [1.165, 1.54) is 6.07 Å². The van der Waals surface area contributed by atoms with E-state index in [9.17, 15) is 76.3 Å². The molecule has 0 amide bonds. The second-order valence-corrected chi connectivity index (χ2v) is 13.1. The van der Waals surface area contributed by atoms with Gasteiger partial charge in [-0.05, 0) is 18.2 Å². The Morgan fingerprint density at radius 1 is 0.564 bits per heavy atom. The molecule has 3 aliphatic rings. The standard InChI is InChI=1S/C33H40O22/c34-6-15-19(41)21(43)24(46)31(50-15)53-28-16(7-35)51-32(25(47)22(28)44)54-29-17(8-36)52-33(26(48)23(29)45)55-30-20(42)18-13(40)4-10(37)5-14(18)49-27(30)9-1-2-11(38)12(39)3-9/h1-5,15-17,19,21-26,28-29,31-41,43-48H,6-8H2/t15-,16-,17-,19-,21+,22-,23-,24-,25-,26-,28-,29-,31-,32-,33+/m1/s1. The van der Waals surface area contributed by atoms with E-state index in [1.54, 1.807) is 0 Å². The Bertz CT molecular complexity index is 1870. The summed E-state index contributed by atoms with van der Waals surface area (Å²) in [6.07, 6.45) is -27.7. The molecule has 0 bridgehead atoms. The fourth-order valence-corrected chi connectivity index (χ4v) is 6.49. The number of fused-ring (bicyclic) bond motifs is 1. The summed E-state index contributed by atoms with van der Waals surface area (Å²) >= 11 is 0. The van der Waals surface area contributed by atoms with E-state index >= 15 is 0 Å². The van der Waals surface area contributed by atoms with Crippen LogP contribution in [0.1, 0.15) is 0 Å². The zero-order chi connectivity index (χ0) is 40.0. The molecule has 3 aliphatic heterocycles. The second-order valence-electron chi connectivity index (χ2n) is 13.1. The first-order chi connectivity index (χ1) is 26.1. The number of aliphatic hydroxyl groups is 10. The highest BCUT2D eigenvalue weighted by Crippen LogP contribution is 2.40. The lowest BCUT2D eigenvalue weighted by molar-refractivity contribution is -0.376. The fraction of sp³-hybridized carbons (Fsp3) is 0.545. The van der Waals surface area contributed by atoms with Crippen molar-refractivity contribution in [3.05, 3.63) is 40.6 Å². The van der Waals surface area contributed by atoms with Gasteiger partial charge in [-0.15, -0.1) is 0 Å². The second kappa shape index (κ2) is 16.3. The summed E-state index contributed by atoms with van der Waals surface area (Å²) in [5.74, 6) is -3.66. The summed E-state index contributed by atoms with van der Waals surface area (Å²) in [4.78, 5) is 13.7. The lowest BCUT2D eigenvalue weighted by atomic mass is 9.96. The normalized spacial score (nSPS) is 36.9. The molecular weight excluding hydrogens is 748 g/mol. The van der Waals surface area contributed by atoms with Crippen molar-refractivity contribution in [3.63, 3.8) is 0 Å². The Labute approximate surface area is 307 Å². The molecule has 3 fully saturated rings. The van der Waals surface area contributed by atoms with Crippen LogP contribution in [0.25, 0.3) is 22.3 Å². The number of aliphatic hydroxyl groups excluding tert-OH is 10. The highest BCUT2D eigenvalue weighted by atomic mass is 16.8. The van der Waals surface area contributed by atoms with E-state index in [4.69, 9.17) is 32.8 Å². The maximum absolute atomic E-state index is 13.7. The molecule has 1 aromatic heterocycles. The van der Waals surface area contributed by atoms with Crippen LogP contribution in [0.5, 0.6) is 28.7 Å². The number of aromatic hydroxyl groups is 4. The van der Waals surface area contributed by atoms with Gasteiger partial charge in [-0.3, -0.25) is 4.79 Å². The van der Waals surface area contributed by atoms with Gasteiger partial charge >= 0.3 is 0 Å². The van der Waals surface area contributed by atoms with Gasteiger partial charge in [0.05, 0.1) is 19.8 Å². The summed E-state index contributed by atoms with van der Waals surface area (Å²) in [5.41, 5.74) is -1.53. The zero-order valence-corrected chi connectivity index (χ0v) is 28.2. The molecule has 4 heterocycles. The molecule has 304 valence electrons. The molecule has 14 N–H and O–H groups in total. The number of benzene rings is 2. The molecule has 0 radical (unpaired) electrons. The van der Waals surface area contributed by atoms with Gasteiger partial charge < -0.3 is 104 Å².